The zero-order valence-corrected chi connectivity index (χ0v) is 13.4. The van der Waals surface area contributed by atoms with E-state index in [1.54, 1.807) is 29.9 Å². The minimum atomic E-state index is -3.44. The van der Waals surface area contributed by atoms with Crippen molar-refractivity contribution in [2.45, 2.75) is 0 Å². The van der Waals surface area contributed by atoms with Gasteiger partial charge in [0.2, 0.25) is 15.9 Å². The molecule has 0 aromatic carbocycles. The zero-order valence-electron chi connectivity index (χ0n) is 12.6. The summed E-state index contributed by atoms with van der Waals surface area (Å²) in [6, 6.07) is 3.43. The van der Waals surface area contributed by atoms with Gasteiger partial charge < -0.3 is 15.2 Å². The van der Waals surface area contributed by atoms with E-state index >= 15 is 0 Å². The molecule has 0 radical (unpaired) electrons. The normalized spacial score (nSPS) is 20.6. The zero-order chi connectivity index (χ0) is 16.5. The molecule has 1 aromatic heterocycles. The molecule has 8 nitrogen and oxygen atoms in total. The molecule has 2 rings (SSSR count). The van der Waals surface area contributed by atoms with E-state index in [0.29, 0.717) is 5.69 Å². The van der Waals surface area contributed by atoms with Crippen LogP contribution >= 0.6 is 0 Å². The van der Waals surface area contributed by atoms with Crippen LogP contribution in [0, 0.1) is 5.92 Å². The highest BCUT2D eigenvalue weighted by atomic mass is 32.2. The summed E-state index contributed by atoms with van der Waals surface area (Å²) in [7, 11) is -1.69. The molecule has 1 aromatic rings. The van der Waals surface area contributed by atoms with Crippen molar-refractivity contribution in [3.8, 4) is 0 Å². The number of nitrogens with two attached hydrogens (primary N) is 1. The first-order valence-electron chi connectivity index (χ1n) is 6.85. The monoisotopic (exact) mass is 328 g/mol. The Morgan fingerprint density at radius 3 is 2.45 bits per heavy atom. The lowest BCUT2D eigenvalue weighted by Gasteiger charge is -2.22. The van der Waals surface area contributed by atoms with Crippen LogP contribution in [0.4, 0.5) is 0 Å². The van der Waals surface area contributed by atoms with Gasteiger partial charge in [-0.15, -0.1) is 0 Å². The van der Waals surface area contributed by atoms with Crippen LogP contribution in [0.1, 0.15) is 10.5 Å². The predicted octanol–water partition coefficient (Wildman–Crippen LogP) is -1.16. The van der Waals surface area contributed by atoms with Gasteiger partial charge in [0.15, 0.2) is 0 Å². The van der Waals surface area contributed by atoms with Crippen LogP contribution in [0.5, 0.6) is 0 Å². The van der Waals surface area contributed by atoms with E-state index < -0.39 is 21.8 Å². The van der Waals surface area contributed by atoms with Crippen LogP contribution in [-0.4, -0.2) is 66.4 Å². The van der Waals surface area contributed by atoms with Crippen LogP contribution in [0.25, 0.3) is 0 Å². The number of sulfonamides is 1. The van der Waals surface area contributed by atoms with Gasteiger partial charge in [-0.05, 0) is 12.1 Å². The summed E-state index contributed by atoms with van der Waals surface area (Å²) < 4.78 is 26.3. The standard InChI is InChI=1S/C13H20N4O4S/c1-15-5-3-4-11(15)13(19)16-6-7-17(22(2,20)21)9-10(8-16)12(14)18/h3-5,10H,6-9H2,1-2H3,(H2,14,18)/t10-/m0/s1. The molecule has 0 unspecified atom stereocenters. The Bertz CT molecular complexity index is 682. The van der Waals surface area contributed by atoms with E-state index in [2.05, 4.69) is 0 Å². The molecule has 0 saturated carbocycles. The van der Waals surface area contributed by atoms with Gasteiger partial charge in [-0.3, -0.25) is 9.59 Å². The average molecular weight is 328 g/mol. The molecule has 0 spiro atoms. The number of primary amides is 1. The fraction of sp³-hybridized carbons (Fsp3) is 0.538. The first-order chi connectivity index (χ1) is 10.2. The van der Waals surface area contributed by atoms with Gasteiger partial charge in [-0.25, -0.2) is 8.42 Å². The second kappa shape index (κ2) is 6.09. The number of aromatic nitrogens is 1. The number of rotatable bonds is 3. The minimum Gasteiger partial charge on any atom is -0.369 e. The maximum atomic E-state index is 12.5. The van der Waals surface area contributed by atoms with Crippen LogP contribution in [0.2, 0.25) is 0 Å². The van der Waals surface area contributed by atoms with Crippen molar-refractivity contribution in [3.63, 3.8) is 0 Å². The second-order valence-corrected chi connectivity index (χ2v) is 7.46. The summed E-state index contributed by atoms with van der Waals surface area (Å²) in [6.45, 7) is 0.496. The lowest BCUT2D eigenvalue weighted by Crippen LogP contribution is -2.41. The van der Waals surface area contributed by atoms with Crippen molar-refractivity contribution in [1.82, 2.24) is 13.8 Å². The maximum Gasteiger partial charge on any atom is 0.270 e. The quantitative estimate of drug-likeness (QED) is 0.756. The Hall–Kier alpha value is -1.87. The van der Waals surface area contributed by atoms with Crippen molar-refractivity contribution in [2.24, 2.45) is 18.7 Å². The highest BCUT2D eigenvalue weighted by Crippen LogP contribution is 2.15. The minimum absolute atomic E-state index is 0.00504. The van der Waals surface area contributed by atoms with Gasteiger partial charge in [0.05, 0.1) is 12.2 Å². The largest absolute Gasteiger partial charge is 0.369 e. The van der Waals surface area contributed by atoms with Crippen LogP contribution in [-0.2, 0) is 21.9 Å². The fourth-order valence-corrected chi connectivity index (χ4v) is 3.36. The molecule has 2 heterocycles. The maximum absolute atomic E-state index is 12.5. The number of hydrogen-bond acceptors (Lipinski definition) is 4. The summed E-state index contributed by atoms with van der Waals surface area (Å²) in [4.78, 5) is 25.6. The van der Waals surface area contributed by atoms with Crippen molar-refractivity contribution in [1.29, 1.82) is 0 Å². The fourth-order valence-electron chi connectivity index (χ4n) is 2.50. The molecule has 1 aliphatic rings. The van der Waals surface area contributed by atoms with Crippen LogP contribution in [0.3, 0.4) is 0 Å². The summed E-state index contributed by atoms with van der Waals surface area (Å²) in [5.41, 5.74) is 5.83. The number of amides is 2. The van der Waals surface area contributed by atoms with Gasteiger partial charge >= 0.3 is 0 Å². The molecule has 1 aliphatic heterocycles. The Morgan fingerprint density at radius 1 is 1.27 bits per heavy atom. The lowest BCUT2D eigenvalue weighted by molar-refractivity contribution is -0.122. The van der Waals surface area contributed by atoms with Crippen molar-refractivity contribution >= 4 is 21.8 Å². The van der Waals surface area contributed by atoms with E-state index in [-0.39, 0.29) is 32.1 Å². The van der Waals surface area contributed by atoms with E-state index in [9.17, 15) is 18.0 Å². The molecule has 1 atom stereocenters. The number of carbonyl (C=O) groups excluding carboxylic acids is 2. The summed E-state index contributed by atoms with van der Waals surface area (Å²) in [5, 5.41) is 0. The smallest absolute Gasteiger partial charge is 0.270 e. The molecule has 2 amide bonds. The van der Waals surface area contributed by atoms with Crippen LogP contribution < -0.4 is 5.73 Å². The highest BCUT2D eigenvalue weighted by Gasteiger charge is 2.33. The van der Waals surface area contributed by atoms with E-state index in [0.717, 1.165) is 6.26 Å². The molecular weight excluding hydrogens is 308 g/mol. The first-order valence-corrected chi connectivity index (χ1v) is 8.70. The third kappa shape index (κ3) is 3.47. The van der Waals surface area contributed by atoms with E-state index in [1.807, 2.05) is 0 Å². The van der Waals surface area contributed by atoms with Gasteiger partial charge in [-0.1, -0.05) is 0 Å². The topological polar surface area (TPSA) is 106 Å². The van der Waals surface area contributed by atoms with Gasteiger partial charge in [0.25, 0.3) is 5.91 Å². The summed E-state index contributed by atoms with van der Waals surface area (Å²) >= 11 is 0. The third-order valence-corrected chi connectivity index (χ3v) is 5.08. The van der Waals surface area contributed by atoms with E-state index in [4.69, 9.17) is 5.73 Å². The number of hydrogen-bond donors (Lipinski definition) is 1. The second-order valence-electron chi connectivity index (χ2n) is 5.48. The molecule has 22 heavy (non-hydrogen) atoms. The molecule has 122 valence electrons. The molecule has 1 fully saturated rings. The molecule has 0 aliphatic carbocycles. The summed E-state index contributed by atoms with van der Waals surface area (Å²) in [5.74, 6) is -1.57. The van der Waals surface area contributed by atoms with Crippen molar-refractivity contribution in [3.05, 3.63) is 24.0 Å². The van der Waals surface area contributed by atoms with Crippen LogP contribution in [0.15, 0.2) is 18.3 Å². The first kappa shape index (κ1) is 16.5. The van der Waals surface area contributed by atoms with E-state index in [1.165, 1.54) is 9.21 Å². The summed E-state index contributed by atoms with van der Waals surface area (Å²) in [6.07, 6.45) is 2.83. The SMILES string of the molecule is Cn1cccc1C(=O)N1CCN(S(C)(=O)=O)C[C@@H](C(N)=O)C1. The predicted molar refractivity (Wildman–Crippen MR) is 80.4 cm³/mol. The molecule has 1 saturated heterocycles. The highest BCUT2D eigenvalue weighted by molar-refractivity contribution is 7.88. The molecule has 0 bridgehead atoms. The van der Waals surface area contributed by atoms with Crippen molar-refractivity contribution < 1.29 is 18.0 Å². The Labute approximate surface area is 129 Å². The van der Waals surface area contributed by atoms with Gasteiger partial charge in [-0.2, -0.15) is 4.31 Å². The lowest BCUT2D eigenvalue weighted by atomic mass is 10.1. The van der Waals surface area contributed by atoms with Gasteiger partial charge in [0.1, 0.15) is 5.69 Å². The molecule has 9 heteroatoms. The molecular formula is C13H20N4O4S. The van der Waals surface area contributed by atoms with Gasteiger partial charge in [0, 0.05) is 39.4 Å². The Balaban J connectivity index is 2.25. The third-order valence-electron chi connectivity index (χ3n) is 3.81. The molecule has 2 N–H and O–H groups in total. The Kier molecular flexibility index (Phi) is 4.57. The average Bonchev–Trinajstić information content (AvgIpc) is 2.71. The van der Waals surface area contributed by atoms with Crippen molar-refractivity contribution in [2.75, 3.05) is 32.4 Å². The number of aryl methyl sites for hydroxylation is 1. The number of carbonyl (C=O) groups is 2. The number of nitrogens with zero attached hydrogens (tertiary/aromatic N) is 3. The Morgan fingerprint density at radius 2 is 1.95 bits per heavy atom.